The molecule has 7 heteroatoms. The molecule has 0 aliphatic rings. The standard InChI is InChI=1S/C14H12ClN3O3/c1-8-6-11(13(15)16-7-8)17-14(19)10-5-3-4-9(2)12(10)18(20)21/h3-7H,1-2H3,(H,17,19). The molecule has 1 heterocycles. The summed E-state index contributed by atoms with van der Waals surface area (Å²) in [4.78, 5) is 26.7. The Balaban J connectivity index is 2.40. The van der Waals surface area contributed by atoms with Gasteiger partial charge in [-0.1, -0.05) is 23.7 Å². The Bertz CT molecular complexity index is 731. The van der Waals surface area contributed by atoms with Gasteiger partial charge in [0.2, 0.25) is 0 Å². The summed E-state index contributed by atoms with van der Waals surface area (Å²) in [7, 11) is 0. The predicted molar refractivity (Wildman–Crippen MR) is 79.8 cm³/mol. The van der Waals surface area contributed by atoms with Crippen LogP contribution in [0.4, 0.5) is 11.4 Å². The fourth-order valence-corrected chi connectivity index (χ4v) is 2.06. The number of halogens is 1. The third-order valence-electron chi connectivity index (χ3n) is 2.89. The maximum absolute atomic E-state index is 12.3. The molecule has 0 unspecified atom stereocenters. The molecule has 0 fully saturated rings. The molecule has 0 radical (unpaired) electrons. The molecule has 2 rings (SSSR count). The Morgan fingerprint density at radius 3 is 2.76 bits per heavy atom. The van der Waals surface area contributed by atoms with Crippen molar-refractivity contribution < 1.29 is 9.72 Å². The number of pyridine rings is 1. The second-order valence-electron chi connectivity index (χ2n) is 4.53. The molecular formula is C14H12ClN3O3. The van der Waals surface area contributed by atoms with E-state index in [4.69, 9.17) is 11.6 Å². The number of aromatic nitrogens is 1. The quantitative estimate of drug-likeness (QED) is 0.534. The average molecular weight is 306 g/mol. The van der Waals surface area contributed by atoms with E-state index in [9.17, 15) is 14.9 Å². The van der Waals surface area contributed by atoms with Crippen molar-refractivity contribution in [2.45, 2.75) is 13.8 Å². The number of carbonyl (C=O) groups excluding carboxylic acids is 1. The van der Waals surface area contributed by atoms with Gasteiger partial charge in [-0.05, 0) is 31.5 Å². The van der Waals surface area contributed by atoms with Crippen molar-refractivity contribution in [2.24, 2.45) is 0 Å². The molecule has 0 saturated heterocycles. The number of benzene rings is 1. The topological polar surface area (TPSA) is 85.1 Å². The summed E-state index contributed by atoms with van der Waals surface area (Å²) in [5, 5.41) is 13.8. The van der Waals surface area contributed by atoms with Gasteiger partial charge in [0, 0.05) is 11.8 Å². The van der Waals surface area contributed by atoms with Crippen LogP contribution in [0.2, 0.25) is 5.15 Å². The first-order valence-corrected chi connectivity index (χ1v) is 6.45. The monoisotopic (exact) mass is 305 g/mol. The van der Waals surface area contributed by atoms with Crippen molar-refractivity contribution in [3.05, 3.63) is 62.4 Å². The number of nitro groups is 1. The Morgan fingerprint density at radius 1 is 1.38 bits per heavy atom. The third-order valence-corrected chi connectivity index (χ3v) is 3.19. The van der Waals surface area contributed by atoms with Crippen LogP contribution in [0.25, 0.3) is 0 Å². The van der Waals surface area contributed by atoms with Gasteiger partial charge >= 0.3 is 0 Å². The molecular weight excluding hydrogens is 294 g/mol. The average Bonchev–Trinajstić information content (AvgIpc) is 2.42. The van der Waals surface area contributed by atoms with Crippen LogP contribution in [-0.2, 0) is 0 Å². The van der Waals surface area contributed by atoms with Crippen LogP contribution in [0, 0.1) is 24.0 Å². The van der Waals surface area contributed by atoms with E-state index < -0.39 is 10.8 Å². The Morgan fingerprint density at radius 2 is 2.10 bits per heavy atom. The molecule has 1 aromatic carbocycles. The Hall–Kier alpha value is -2.47. The van der Waals surface area contributed by atoms with Crippen LogP contribution in [0.15, 0.2) is 30.5 Å². The van der Waals surface area contributed by atoms with Gasteiger partial charge < -0.3 is 5.32 Å². The van der Waals surface area contributed by atoms with E-state index in [2.05, 4.69) is 10.3 Å². The van der Waals surface area contributed by atoms with Crippen LogP contribution in [0.3, 0.4) is 0 Å². The smallest absolute Gasteiger partial charge is 0.285 e. The van der Waals surface area contributed by atoms with Gasteiger partial charge in [0.15, 0.2) is 5.15 Å². The first-order valence-electron chi connectivity index (χ1n) is 6.07. The lowest BCUT2D eigenvalue weighted by Crippen LogP contribution is -2.15. The van der Waals surface area contributed by atoms with Crippen molar-refractivity contribution in [3.63, 3.8) is 0 Å². The molecule has 1 amide bonds. The van der Waals surface area contributed by atoms with E-state index in [-0.39, 0.29) is 16.4 Å². The summed E-state index contributed by atoms with van der Waals surface area (Å²) < 4.78 is 0. The van der Waals surface area contributed by atoms with E-state index in [1.54, 1.807) is 38.2 Å². The maximum Gasteiger partial charge on any atom is 0.285 e. The lowest BCUT2D eigenvalue weighted by atomic mass is 10.1. The zero-order valence-electron chi connectivity index (χ0n) is 11.4. The number of rotatable bonds is 3. The number of carbonyl (C=O) groups is 1. The van der Waals surface area contributed by atoms with Gasteiger partial charge in [0.05, 0.1) is 10.6 Å². The minimum absolute atomic E-state index is 0.0161. The third kappa shape index (κ3) is 3.17. The fraction of sp³-hybridized carbons (Fsp3) is 0.143. The number of nitrogens with zero attached hydrogens (tertiary/aromatic N) is 2. The second kappa shape index (κ2) is 5.88. The highest BCUT2D eigenvalue weighted by atomic mass is 35.5. The summed E-state index contributed by atoms with van der Waals surface area (Å²) >= 11 is 5.90. The largest absolute Gasteiger partial charge is 0.319 e. The Labute approximate surface area is 125 Å². The Kier molecular flexibility index (Phi) is 4.18. The maximum atomic E-state index is 12.3. The highest BCUT2D eigenvalue weighted by Gasteiger charge is 2.23. The highest BCUT2D eigenvalue weighted by Crippen LogP contribution is 2.26. The second-order valence-corrected chi connectivity index (χ2v) is 4.89. The summed E-state index contributed by atoms with van der Waals surface area (Å²) in [5.74, 6) is -0.597. The molecule has 0 saturated carbocycles. The molecule has 0 spiro atoms. The number of hydrogen-bond donors (Lipinski definition) is 1. The molecule has 0 atom stereocenters. The first-order chi connectivity index (χ1) is 9.90. The number of hydrogen-bond acceptors (Lipinski definition) is 4. The van der Waals surface area contributed by atoms with E-state index in [0.29, 0.717) is 11.3 Å². The number of anilines is 1. The fourth-order valence-electron chi connectivity index (χ4n) is 1.91. The van der Waals surface area contributed by atoms with Gasteiger partial charge in [-0.2, -0.15) is 0 Å². The van der Waals surface area contributed by atoms with Crippen molar-refractivity contribution in [2.75, 3.05) is 5.32 Å². The molecule has 6 nitrogen and oxygen atoms in total. The van der Waals surface area contributed by atoms with Crippen molar-refractivity contribution in [3.8, 4) is 0 Å². The molecule has 21 heavy (non-hydrogen) atoms. The minimum atomic E-state index is -0.597. The summed E-state index contributed by atoms with van der Waals surface area (Å²) in [6.45, 7) is 3.38. The zero-order chi connectivity index (χ0) is 15.6. The van der Waals surface area contributed by atoms with Gasteiger partial charge in [-0.25, -0.2) is 4.98 Å². The van der Waals surface area contributed by atoms with Gasteiger partial charge in [0.25, 0.3) is 11.6 Å². The molecule has 108 valence electrons. The summed E-state index contributed by atoms with van der Waals surface area (Å²) in [6.07, 6.45) is 1.56. The number of nitrogens with one attached hydrogen (secondary N) is 1. The van der Waals surface area contributed by atoms with Gasteiger partial charge in [-0.15, -0.1) is 0 Å². The SMILES string of the molecule is Cc1cnc(Cl)c(NC(=O)c2cccc(C)c2[N+](=O)[O-])c1. The van der Waals surface area contributed by atoms with Crippen LogP contribution < -0.4 is 5.32 Å². The van der Waals surface area contributed by atoms with E-state index >= 15 is 0 Å². The molecule has 2 aromatic rings. The molecule has 0 aliphatic heterocycles. The number of para-hydroxylation sites is 1. The first kappa shape index (κ1) is 14.9. The summed E-state index contributed by atoms with van der Waals surface area (Å²) in [6, 6.07) is 6.22. The van der Waals surface area contributed by atoms with Gasteiger partial charge in [0.1, 0.15) is 5.56 Å². The number of aryl methyl sites for hydroxylation is 2. The number of nitro benzene ring substituents is 1. The van der Waals surface area contributed by atoms with Gasteiger partial charge in [-0.3, -0.25) is 14.9 Å². The minimum Gasteiger partial charge on any atom is -0.319 e. The lowest BCUT2D eigenvalue weighted by molar-refractivity contribution is -0.385. The highest BCUT2D eigenvalue weighted by molar-refractivity contribution is 6.32. The predicted octanol–water partition coefficient (Wildman–Crippen LogP) is 3.51. The molecule has 1 aromatic heterocycles. The van der Waals surface area contributed by atoms with Crippen LogP contribution in [-0.4, -0.2) is 15.8 Å². The normalized spacial score (nSPS) is 10.2. The van der Waals surface area contributed by atoms with E-state index in [1.165, 1.54) is 6.07 Å². The van der Waals surface area contributed by atoms with Crippen LogP contribution in [0.1, 0.15) is 21.5 Å². The molecule has 0 aliphatic carbocycles. The van der Waals surface area contributed by atoms with Crippen molar-refractivity contribution >= 4 is 28.9 Å². The van der Waals surface area contributed by atoms with Crippen molar-refractivity contribution in [1.82, 2.24) is 4.98 Å². The van der Waals surface area contributed by atoms with Crippen molar-refractivity contribution in [1.29, 1.82) is 0 Å². The number of amides is 1. The van der Waals surface area contributed by atoms with E-state index in [1.807, 2.05) is 0 Å². The lowest BCUT2D eigenvalue weighted by Gasteiger charge is -2.08. The molecule has 0 bridgehead atoms. The van der Waals surface area contributed by atoms with Crippen LogP contribution >= 0.6 is 11.6 Å². The van der Waals surface area contributed by atoms with E-state index in [0.717, 1.165) is 5.56 Å². The summed E-state index contributed by atoms with van der Waals surface area (Å²) in [5.41, 5.74) is 1.32. The zero-order valence-corrected chi connectivity index (χ0v) is 12.1. The molecule has 1 N–H and O–H groups in total. The van der Waals surface area contributed by atoms with Crippen LogP contribution in [0.5, 0.6) is 0 Å².